The third-order valence-corrected chi connectivity index (χ3v) is 7.98. The highest BCUT2D eigenvalue weighted by Gasteiger charge is 2.35. The normalized spacial score (nSPS) is 14.1. The van der Waals surface area contributed by atoms with Crippen LogP contribution in [0.25, 0.3) is 10.9 Å². The zero-order chi connectivity index (χ0) is 25.1. The SMILES string of the molecule is N#Cc1csc(C(C(=O)NC2CCC2)N(CCc2cccc3cc[nH]c23)C(=O)c2ccnc(Br)c2)c1. The van der Waals surface area contributed by atoms with Crippen LogP contribution >= 0.6 is 27.3 Å². The molecule has 3 aromatic heterocycles. The van der Waals surface area contributed by atoms with E-state index in [2.05, 4.69) is 37.3 Å². The average molecular weight is 562 g/mol. The van der Waals surface area contributed by atoms with Gasteiger partial charge in [-0.2, -0.15) is 5.26 Å². The van der Waals surface area contributed by atoms with E-state index in [1.54, 1.807) is 34.7 Å². The number of nitriles is 1. The minimum Gasteiger partial charge on any atom is -0.361 e. The number of aromatic nitrogens is 2. The summed E-state index contributed by atoms with van der Waals surface area (Å²) in [5, 5.41) is 15.4. The molecule has 2 N–H and O–H groups in total. The van der Waals surface area contributed by atoms with Crippen LogP contribution in [0.1, 0.15) is 51.7 Å². The van der Waals surface area contributed by atoms with Gasteiger partial charge in [0.2, 0.25) is 5.91 Å². The number of fused-ring (bicyclic) bond motifs is 1. The van der Waals surface area contributed by atoms with Crippen molar-refractivity contribution in [2.24, 2.45) is 0 Å². The second-order valence-corrected chi connectivity index (χ2v) is 10.6. The number of halogens is 1. The van der Waals surface area contributed by atoms with Crippen molar-refractivity contribution in [1.82, 2.24) is 20.2 Å². The van der Waals surface area contributed by atoms with Gasteiger partial charge in [-0.25, -0.2) is 4.98 Å². The number of benzene rings is 1. The molecule has 1 aromatic carbocycles. The van der Waals surface area contributed by atoms with E-state index in [1.807, 2.05) is 30.5 Å². The fraction of sp³-hybridized carbons (Fsp3) is 0.259. The Labute approximate surface area is 221 Å². The van der Waals surface area contributed by atoms with Crippen LogP contribution in [-0.4, -0.2) is 39.3 Å². The molecule has 1 saturated carbocycles. The largest absolute Gasteiger partial charge is 0.361 e. The first kappa shape index (κ1) is 24.2. The third kappa shape index (κ3) is 5.06. The number of carbonyl (C=O) groups excluding carboxylic acids is 2. The molecule has 1 aliphatic carbocycles. The van der Waals surface area contributed by atoms with Crippen molar-refractivity contribution in [1.29, 1.82) is 5.26 Å². The zero-order valence-corrected chi connectivity index (χ0v) is 21.8. The van der Waals surface area contributed by atoms with Crippen molar-refractivity contribution in [3.05, 3.63) is 86.4 Å². The molecule has 182 valence electrons. The third-order valence-electron chi connectivity index (χ3n) is 6.56. The van der Waals surface area contributed by atoms with Gasteiger partial charge in [-0.05, 0) is 76.8 Å². The predicted octanol–water partition coefficient (Wildman–Crippen LogP) is 5.35. The number of carbonyl (C=O) groups is 2. The molecule has 0 bridgehead atoms. The van der Waals surface area contributed by atoms with Crippen molar-refractivity contribution < 1.29 is 9.59 Å². The number of hydrogen-bond donors (Lipinski definition) is 2. The van der Waals surface area contributed by atoms with Crippen LogP contribution in [0.5, 0.6) is 0 Å². The summed E-state index contributed by atoms with van der Waals surface area (Å²) in [6, 6.07) is 14.5. The van der Waals surface area contributed by atoms with Gasteiger partial charge < -0.3 is 15.2 Å². The first-order valence-corrected chi connectivity index (χ1v) is 13.5. The number of aromatic amines is 1. The van der Waals surface area contributed by atoms with E-state index >= 15 is 0 Å². The van der Waals surface area contributed by atoms with Crippen molar-refractivity contribution >= 4 is 50.0 Å². The van der Waals surface area contributed by atoms with E-state index in [0.717, 1.165) is 35.7 Å². The summed E-state index contributed by atoms with van der Waals surface area (Å²) < 4.78 is 0.544. The summed E-state index contributed by atoms with van der Waals surface area (Å²) in [4.78, 5) is 37.3. The lowest BCUT2D eigenvalue weighted by Gasteiger charge is -2.34. The first-order chi connectivity index (χ1) is 17.5. The summed E-state index contributed by atoms with van der Waals surface area (Å²) in [7, 11) is 0. The second-order valence-electron chi connectivity index (χ2n) is 8.86. The first-order valence-electron chi connectivity index (χ1n) is 11.8. The van der Waals surface area contributed by atoms with Crippen LogP contribution in [0, 0.1) is 11.3 Å². The molecule has 9 heteroatoms. The minimum absolute atomic E-state index is 0.120. The van der Waals surface area contributed by atoms with Gasteiger partial charge in [-0.15, -0.1) is 11.3 Å². The second kappa shape index (κ2) is 10.6. The smallest absolute Gasteiger partial charge is 0.254 e. The summed E-state index contributed by atoms with van der Waals surface area (Å²) in [5.41, 5.74) is 3.00. The predicted molar refractivity (Wildman–Crippen MR) is 143 cm³/mol. The van der Waals surface area contributed by atoms with Gasteiger partial charge in [-0.1, -0.05) is 18.2 Å². The quantitative estimate of drug-likeness (QED) is 0.283. The average Bonchev–Trinajstić information content (AvgIpc) is 3.53. The molecule has 36 heavy (non-hydrogen) atoms. The summed E-state index contributed by atoms with van der Waals surface area (Å²) in [6.07, 6.45) is 6.98. The molecule has 3 heterocycles. The number of nitrogens with zero attached hydrogens (tertiary/aromatic N) is 3. The van der Waals surface area contributed by atoms with Crippen molar-refractivity contribution in [3.8, 4) is 6.07 Å². The number of para-hydroxylation sites is 1. The summed E-state index contributed by atoms with van der Waals surface area (Å²) >= 11 is 4.68. The Morgan fingerprint density at radius 3 is 2.86 bits per heavy atom. The fourth-order valence-electron chi connectivity index (χ4n) is 4.46. The van der Waals surface area contributed by atoms with Crippen LogP contribution in [0.4, 0.5) is 0 Å². The molecular formula is C27H24BrN5O2S. The lowest BCUT2D eigenvalue weighted by atomic mass is 9.92. The molecule has 0 aliphatic heterocycles. The molecule has 1 fully saturated rings. The standard InChI is InChI=1S/C27H24BrN5O2S/c28-23-14-20(8-10-30-23)27(35)33(12-9-19-4-1-3-18-7-11-31-24(18)19)25(22-13-17(15-29)16-36-22)26(34)32-21-5-2-6-21/h1,3-4,7-8,10-11,13-14,16,21,25,31H,2,5-6,9,12H2,(H,32,34). The van der Waals surface area contributed by atoms with Crippen LogP contribution in [0.15, 0.2) is 64.8 Å². The Bertz CT molecular complexity index is 1450. The minimum atomic E-state index is -0.847. The summed E-state index contributed by atoms with van der Waals surface area (Å²) in [6.45, 7) is 0.319. The molecule has 0 radical (unpaired) electrons. The monoisotopic (exact) mass is 561 g/mol. The Balaban J connectivity index is 1.53. The van der Waals surface area contributed by atoms with E-state index in [-0.39, 0.29) is 17.9 Å². The molecule has 0 spiro atoms. The topological polar surface area (TPSA) is 102 Å². The van der Waals surface area contributed by atoms with Gasteiger partial charge in [0.1, 0.15) is 16.7 Å². The van der Waals surface area contributed by atoms with E-state index < -0.39 is 6.04 Å². The molecule has 1 unspecified atom stereocenters. The highest BCUT2D eigenvalue weighted by molar-refractivity contribution is 9.10. The van der Waals surface area contributed by atoms with E-state index in [9.17, 15) is 14.9 Å². The molecule has 5 rings (SSSR count). The Morgan fingerprint density at radius 1 is 1.28 bits per heavy atom. The molecular weight excluding hydrogens is 538 g/mol. The zero-order valence-electron chi connectivity index (χ0n) is 19.4. The van der Waals surface area contributed by atoms with Crippen LogP contribution in [0.3, 0.4) is 0 Å². The number of nitrogens with one attached hydrogen (secondary N) is 2. The number of rotatable bonds is 8. The number of thiophene rings is 1. The molecule has 1 aliphatic rings. The van der Waals surface area contributed by atoms with Gasteiger partial charge in [0.15, 0.2) is 0 Å². The number of pyridine rings is 1. The van der Waals surface area contributed by atoms with Crippen LogP contribution in [-0.2, 0) is 11.2 Å². The highest BCUT2D eigenvalue weighted by Crippen LogP contribution is 2.31. The molecule has 7 nitrogen and oxygen atoms in total. The van der Waals surface area contributed by atoms with Gasteiger partial charge in [0.25, 0.3) is 5.91 Å². The Morgan fingerprint density at radius 2 is 2.14 bits per heavy atom. The van der Waals surface area contributed by atoms with Crippen molar-refractivity contribution in [2.75, 3.05) is 6.54 Å². The van der Waals surface area contributed by atoms with Crippen LogP contribution in [0.2, 0.25) is 0 Å². The van der Waals surface area contributed by atoms with E-state index in [0.29, 0.717) is 33.6 Å². The molecule has 1 atom stereocenters. The van der Waals surface area contributed by atoms with Crippen molar-refractivity contribution in [2.45, 2.75) is 37.8 Å². The number of amides is 2. The lowest BCUT2D eigenvalue weighted by molar-refractivity contribution is -0.127. The Hall–Kier alpha value is -3.48. The van der Waals surface area contributed by atoms with E-state index in [1.165, 1.54) is 11.3 Å². The maximum atomic E-state index is 13.9. The molecule has 4 aromatic rings. The molecule has 2 amide bonds. The molecule has 0 saturated heterocycles. The highest BCUT2D eigenvalue weighted by atomic mass is 79.9. The Kier molecular flexibility index (Phi) is 7.16. The maximum Gasteiger partial charge on any atom is 0.254 e. The van der Waals surface area contributed by atoms with E-state index in [4.69, 9.17) is 0 Å². The fourth-order valence-corrected chi connectivity index (χ4v) is 5.77. The maximum absolute atomic E-state index is 13.9. The van der Waals surface area contributed by atoms with Crippen LogP contribution < -0.4 is 5.32 Å². The summed E-state index contributed by atoms with van der Waals surface area (Å²) in [5.74, 6) is -0.483. The van der Waals surface area contributed by atoms with Gasteiger partial charge >= 0.3 is 0 Å². The van der Waals surface area contributed by atoms with Crippen molar-refractivity contribution in [3.63, 3.8) is 0 Å². The lowest BCUT2D eigenvalue weighted by Crippen LogP contribution is -2.48. The van der Waals surface area contributed by atoms with Gasteiger partial charge in [0.05, 0.1) is 5.56 Å². The number of hydrogen-bond acceptors (Lipinski definition) is 5. The van der Waals surface area contributed by atoms with Gasteiger partial charge in [-0.3, -0.25) is 9.59 Å². The number of H-pyrrole nitrogens is 1. The van der Waals surface area contributed by atoms with Gasteiger partial charge in [0, 0.05) is 46.3 Å².